The molecule has 2 N–H and O–H groups in total. The summed E-state index contributed by atoms with van der Waals surface area (Å²) in [6, 6.07) is 12.1. The summed E-state index contributed by atoms with van der Waals surface area (Å²) in [4.78, 5) is 36.4. The standard InChI is InChI=1S/C22H20F3N3O7S/c1-27(36(33,34)16-9-7-15(8-10-16)35-14-5-3-2-4-6-14)18(20(30)31)11-12-28-13-17(22(23,24)25)19(29)26-21(28)32/h2-10,13,18H,11-12H2,1H3,(H,30,31)(H,26,29,32). The van der Waals surface area contributed by atoms with E-state index in [-0.39, 0.29) is 11.1 Å². The maximum absolute atomic E-state index is 13.0. The summed E-state index contributed by atoms with van der Waals surface area (Å²) in [5, 5.41) is 9.59. The molecule has 0 aliphatic heterocycles. The molecule has 2 aromatic carbocycles. The summed E-state index contributed by atoms with van der Waals surface area (Å²) >= 11 is 0. The van der Waals surface area contributed by atoms with Crippen LogP contribution in [0.3, 0.4) is 0 Å². The molecule has 0 aliphatic rings. The lowest BCUT2D eigenvalue weighted by Crippen LogP contribution is -2.44. The number of nitrogens with one attached hydrogen (secondary N) is 1. The minimum atomic E-state index is -5.05. The minimum Gasteiger partial charge on any atom is -0.480 e. The first-order valence-corrected chi connectivity index (χ1v) is 11.7. The highest BCUT2D eigenvalue weighted by molar-refractivity contribution is 7.89. The van der Waals surface area contributed by atoms with E-state index < -0.39 is 58.0 Å². The van der Waals surface area contributed by atoms with Gasteiger partial charge in [0.05, 0.1) is 4.90 Å². The molecule has 36 heavy (non-hydrogen) atoms. The number of hydrogen-bond acceptors (Lipinski definition) is 6. The third-order valence-electron chi connectivity index (χ3n) is 5.16. The van der Waals surface area contributed by atoms with Gasteiger partial charge in [0.15, 0.2) is 0 Å². The van der Waals surface area contributed by atoms with Gasteiger partial charge in [-0.3, -0.25) is 19.1 Å². The Labute approximate surface area is 202 Å². The van der Waals surface area contributed by atoms with Crippen molar-refractivity contribution in [1.82, 2.24) is 13.9 Å². The molecule has 0 saturated carbocycles. The molecule has 0 spiro atoms. The van der Waals surface area contributed by atoms with Gasteiger partial charge in [-0.1, -0.05) is 18.2 Å². The van der Waals surface area contributed by atoms with Crippen molar-refractivity contribution in [2.24, 2.45) is 0 Å². The highest BCUT2D eigenvalue weighted by Gasteiger charge is 2.36. The number of aromatic amines is 1. The number of H-pyrrole nitrogens is 1. The molecule has 0 aliphatic carbocycles. The summed E-state index contributed by atoms with van der Waals surface area (Å²) in [5.41, 5.74) is -4.48. The minimum absolute atomic E-state index is 0.253. The second-order valence-electron chi connectivity index (χ2n) is 7.54. The Morgan fingerprint density at radius 2 is 1.67 bits per heavy atom. The van der Waals surface area contributed by atoms with Crippen molar-refractivity contribution in [3.8, 4) is 11.5 Å². The number of carbonyl (C=O) groups is 1. The summed E-state index contributed by atoms with van der Waals surface area (Å²) in [6.45, 7) is -0.612. The molecule has 0 fully saturated rings. The molecule has 192 valence electrons. The molecule has 1 unspecified atom stereocenters. The Kier molecular flexibility index (Phi) is 7.69. The van der Waals surface area contributed by atoms with Crippen molar-refractivity contribution in [2.75, 3.05) is 7.05 Å². The van der Waals surface area contributed by atoms with Gasteiger partial charge in [-0.2, -0.15) is 17.5 Å². The van der Waals surface area contributed by atoms with Crippen molar-refractivity contribution in [3.05, 3.63) is 87.2 Å². The van der Waals surface area contributed by atoms with Crippen molar-refractivity contribution in [3.63, 3.8) is 0 Å². The number of likely N-dealkylation sites (N-methyl/N-ethyl adjacent to an activating group) is 1. The largest absolute Gasteiger partial charge is 0.480 e. The van der Waals surface area contributed by atoms with Crippen molar-refractivity contribution < 1.29 is 36.2 Å². The molecule has 0 radical (unpaired) electrons. The van der Waals surface area contributed by atoms with E-state index >= 15 is 0 Å². The SMILES string of the molecule is CN(C(CCn1cc(C(F)(F)F)c(=O)[nH]c1=O)C(=O)O)S(=O)(=O)c1ccc(Oc2ccccc2)cc1. The number of halogens is 3. The van der Waals surface area contributed by atoms with Crippen molar-refractivity contribution in [1.29, 1.82) is 0 Å². The van der Waals surface area contributed by atoms with Crippen molar-refractivity contribution >= 4 is 16.0 Å². The number of sulfonamides is 1. The lowest BCUT2D eigenvalue weighted by Gasteiger charge is -2.24. The van der Waals surface area contributed by atoms with Gasteiger partial charge in [0.1, 0.15) is 23.1 Å². The fourth-order valence-electron chi connectivity index (χ4n) is 3.24. The van der Waals surface area contributed by atoms with Crippen LogP contribution in [0, 0.1) is 0 Å². The summed E-state index contributed by atoms with van der Waals surface area (Å²) in [5.74, 6) is -0.739. The molecule has 10 nitrogen and oxygen atoms in total. The van der Waals surface area contributed by atoms with E-state index in [1.54, 1.807) is 30.3 Å². The number of ether oxygens (including phenoxy) is 1. The van der Waals surface area contributed by atoms with E-state index in [0.29, 0.717) is 20.4 Å². The number of para-hydroxylation sites is 1. The number of carboxylic acids is 1. The summed E-state index contributed by atoms with van der Waals surface area (Å²) in [7, 11) is -3.35. The quantitative estimate of drug-likeness (QED) is 0.436. The van der Waals surface area contributed by atoms with Gasteiger partial charge in [0.2, 0.25) is 10.0 Å². The lowest BCUT2D eigenvalue weighted by molar-refractivity contribution is -0.142. The van der Waals surface area contributed by atoms with Gasteiger partial charge < -0.3 is 9.84 Å². The Balaban J connectivity index is 1.80. The van der Waals surface area contributed by atoms with Crippen LogP contribution >= 0.6 is 0 Å². The Morgan fingerprint density at radius 3 is 2.22 bits per heavy atom. The monoisotopic (exact) mass is 527 g/mol. The zero-order valence-corrected chi connectivity index (χ0v) is 19.4. The van der Waals surface area contributed by atoms with E-state index in [0.717, 1.165) is 7.05 Å². The highest BCUT2D eigenvalue weighted by atomic mass is 32.2. The van der Waals surface area contributed by atoms with Gasteiger partial charge in [0.25, 0.3) is 5.56 Å². The zero-order valence-electron chi connectivity index (χ0n) is 18.6. The molecular weight excluding hydrogens is 507 g/mol. The smallest absolute Gasteiger partial charge is 0.423 e. The van der Waals surface area contributed by atoms with Crippen LogP contribution in [0.5, 0.6) is 11.5 Å². The average molecular weight is 527 g/mol. The van der Waals surface area contributed by atoms with E-state index in [2.05, 4.69) is 0 Å². The molecular formula is C22H20F3N3O7S. The van der Waals surface area contributed by atoms with E-state index in [4.69, 9.17) is 4.74 Å². The molecule has 14 heteroatoms. The van der Waals surface area contributed by atoms with Gasteiger partial charge in [-0.05, 0) is 42.8 Å². The number of hydrogen-bond donors (Lipinski definition) is 2. The van der Waals surface area contributed by atoms with Crippen LogP contribution in [-0.2, 0) is 27.5 Å². The molecule has 0 amide bonds. The predicted molar refractivity (Wildman–Crippen MR) is 120 cm³/mol. The van der Waals surface area contributed by atoms with Crippen LogP contribution in [0.15, 0.2) is 75.3 Å². The maximum Gasteiger partial charge on any atom is 0.423 e. The number of benzene rings is 2. The van der Waals surface area contributed by atoms with Crippen LogP contribution in [-0.4, -0.2) is 46.4 Å². The molecule has 3 aromatic rings. The first kappa shape index (κ1) is 26.7. The van der Waals surface area contributed by atoms with Gasteiger partial charge >= 0.3 is 17.8 Å². The fourth-order valence-corrected chi connectivity index (χ4v) is 4.58. The number of rotatable bonds is 9. The van der Waals surface area contributed by atoms with Gasteiger partial charge in [-0.15, -0.1) is 0 Å². The van der Waals surface area contributed by atoms with Gasteiger partial charge in [-0.25, -0.2) is 13.2 Å². The summed E-state index contributed by atoms with van der Waals surface area (Å²) < 4.78 is 71.6. The third-order valence-corrected chi connectivity index (χ3v) is 7.04. The first-order chi connectivity index (χ1) is 16.8. The number of aliphatic carboxylic acids is 1. The Morgan fingerprint density at radius 1 is 1.08 bits per heavy atom. The Hall–Kier alpha value is -3.91. The van der Waals surface area contributed by atoms with Crippen LogP contribution in [0.2, 0.25) is 0 Å². The van der Waals surface area contributed by atoms with Crippen LogP contribution < -0.4 is 16.0 Å². The van der Waals surface area contributed by atoms with E-state index in [1.165, 1.54) is 29.2 Å². The highest BCUT2D eigenvalue weighted by Crippen LogP contribution is 2.26. The second-order valence-corrected chi connectivity index (χ2v) is 9.54. The number of aromatic nitrogens is 2. The number of nitrogens with zero attached hydrogens (tertiary/aromatic N) is 2. The van der Waals surface area contributed by atoms with Crippen molar-refractivity contribution in [2.45, 2.75) is 30.1 Å². The van der Waals surface area contributed by atoms with Gasteiger partial charge in [0, 0.05) is 19.8 Å². The Bertz CT molecular complexity index is 1450. The first-order valence-electron chi connectivity index (χ1n) is 10.3. The molecule has 3 rings (SSSR count). The molecule has 1 aromatic heterocycles. The lowest BCUT2D eigenvalue weighted by atomic mass is 10.2. The summed E-state index contributed by atoms with van der Waals surface area (Å²) in [6.07, 6.45) is -5.35. The van der Waals surface area contributed by atoms with E-state index in [1.807, 2.05) is 0 Å². The topological polar surface area (TPSA) is 139 Å². The van der Waals surface area contributed by atoms with E-state index in [9.17, 15) is 41.1 Å². The fraction of sp³-hybridized carbons (Fsp3) is 0.227. The number of alkyl halides is 3. The number of carboxylic acid groups (broad SMARTS) is 1. The van der Waals surface area contributed by atoms with Crippen LogP contribution in [0.1, 0.15) is 12.0 Å². The number of aryl methyl sites for hydroxylation is 1. The third kappa shape index (κ3) is 6.01. The second kappa shape index (κ2) is 10.4. The molecule has 1 atom stereocenters. The average Bonchev–Trinajstić information content (AvgIpc) is 2.80. The molecule has 0 bridgehead atoms. The van der Waals surface area contributed by atoms with Crippen LogP contribution in [0.4, 0.5) is 13.2 Å². The zero-order chi connectivity index (χ0) is 26.7. The maximum atomic E-state index is 13.0. The molecule has 1 heterocycles. The normalized spacial score (nSPS) is 12.9. The van der Waals surface area contributed by atoms with Crippen LogP contribution in [0.25, 0.3) is 0 Å². The predicted octanol–water partition coefficient (Wildman–Crippen LogP) is 2.51. The molecule has 0 saturated heterocycles.